The normalized spacial score (nSPS) is 19.5. The summed E-state index contributed by atoms with van der Waals surface area (Å²) in [5.41, 5.74) is 10.1. The number of halogens is 1. The van der Waals surface area contributed by atoms with E-state index in [-0.39, 0.29) is 36.8 Å². The monoisotopic (exact) mass is 638 g/mol. The number of fused-ring (bicyclic) bond motifs is 2. The highest BCUT2D eigenvalue weighted by atomic mass is 19.1. The van der Waals surface area contributed by atoms with Gasteiger partial charge in [0.2, 0.25) is 11.8 Å². The highest BCUT2D eigenvalue weighted by Gasteiger charge is 2.41. The molecule has 12 nitrogen and oxygen atoms in total. The average molecular weight is 639 g/mol. The lowest BCUT2D eigenvalue weighted by Crippen LogP contribution is -2.47. The van der Waals surface area contributed by atoms with Gasteiger partial charge in [0, 0.05) is 29.1 Å². The Morgan fingerprint density at radius 2 is 1.87 bits per heavy atom. The van der Waals surface area contributed by atoms with E-state index in [0.717, 1.165) is 54.5 Å². The quantitative estimate of drug-likeness (QED) is 0.315. The predicted octanol–water partition coefficient (Wildman–Crippen LogP) is 3.22. The summed E-state index contributed by atoms with van der Waals surface area (Å²) in [6.07, 6.45) is 9.06. The van der Waals surface area contributed by atoms with E-state index < -0.39 is 29.9 Å². The summed E-state index contributed by atoms with van der Waals surface area (Å²) in [7, 11) is 0. The van der Waals surface area contributed by atoms with Gasteiger partial charge in [-0.25, -0.2) is 4.39 Å². The van der Waals surface area contributed by atoms with Crippen LogP contribution in [0.5, 0.6) is 0 Å². The summed E-state index contributed by atoms with van der Waals surface area (Å²) < 4.78 is 18.0. The van der Waals surface area contributed by atoms with E-state index in [4.69, 9.17) is 5.73 Å². The van der Waals surface area contributed by atoms with Crippen molar-refractivity contribution in [2.45, 2.75) is 76.7 Å². The van der Waals surface area contributed by atoms with E-state index >= 15 is 0 Å². The van der Waals surface area contributed by atoms with Gasteiger partial charge < -0.3 is 20.5 Å². The number of primary amides is 1. The van der Waals surface area contributed by atoms with Crippen LogP contribution in [-0.4, -0.2) is 65.9 Å². The van der Waals surface area contributed by atoms with Crippen molar-refractivity contribution < 1.29 is 18.8 Å². The minimum Gasteiger partial charge on any atom is -0.364 e. The number of carbonyl (C=O) groups is 3. The maximum atomic E-state index is 14.8. The van der Waals surface area contributed by atoms with Crippen LogP contribution >= 0.6 is 0 Å². The maximum absolute atomic E-state index is 14.8. The molecular weight excluding hydrogens is 603 g/mol. The molecule has 0 radical (unpaired) electrons. The zero-order chi connectivity index (χ0) is 32.8. The molecule has 1 saturated carbocycles. The number of allylic oxidation sites excluding steroid dienone is 1. The van der Waals surface area contributed by atoms with Crippen LogP contribution < -0.4 is 16.6 Å². The van der Waals surface area contributed by atoms with E-state index in [1.54, 1.807) is 42.7 Å². The van der Waals surface area contributed by atoms with Crippen molar-refractivity contribution in [3.63, 3.8) is 0 Å². The number of nitrogens with two attached hydrogens (primary N) is 1. The molecule has 0 spiro atoms. The van der Waals surface area contributed by atoms with Crippen molar-refractivity contribution in [3.8, 4) is 11.1 Å². The van der Waals surface area contributed by atoms with Crippen molar-refractivity contribution >= 4 is 34.3 Å². The zero-order valence-electron chi connectivity index (χ0n) is 26.0. The first-order valence-corrected chi connectivity index (χ1v) is 16.0. The number of hydrogen-bond acceptors (Lipinski definition) is 7. The third-order valence-corrected chi connectivity index (χ3v) is 9.57. The van der Waals surface area contributed by atoms with Crippen molar-refractivity contribution in [1.82, 2.24) is 34.8 Å². The number of aryl methyl sites for hydroxylation is 1. The smallest absolute Gasteiger partial charge is 0.269 e. The van der Waals surface area contributed by atoms with E-state index in [9.17, 15) is 23.6 Å². The standard InChI is InChI=1S/C34H35FN8O4/c1-19-13-21-7-9-26(30(21)34(47)43(19)24-5-3-2-4-6-24)39-33(46)28-15-23(35)17-41(28)29(44)18-42-27-10-8-20(22-11-12-37-38-16-22)14-25(27)31(40-42)32(36)45/h8-14,16,23-24,28H,2-7,15,17-18H2,1H3,(H2,36,45)(H,39,46). The molecule has 0 bridgehead atoms. The highest BCUT2D eigenvalue weighted by Crippen LogP contribution is 2.32. The Morgan fingerprint density at radius 3 is 2.62 bits per heavy atom. The zero-order valence-corrected chi connectivity index (χ0v) is 26.0. The molecule has 3 aromatic heterocycles. The first-order valence-electron chi connectivity index (χ1n) is 16.0. The number of carbonyl (C=O) groups excluding carboxylic acids is 3. The van der Waals surface area contributed by atoms with Crippen molar-refractivity contribution in [2.75, 3.05) is 6.54 Å². The fourth-order valence-corrected chi connectivity index (χ4v) is 7.35. The van der Waals surface area contributed by atoms with Crippen LogP contribution in [0.4, 0.5) is 4.39 Å². The van der Waals surface area contributed by atoms with Gasteiger partial charge in [-0.05, 0) is 61.6 Å². The molecule has 4 aromatic rings. The third-order valence-electron chi connectivity index (χ3n) is 9.57. The highest BCUT2D eigenvalue weighted by molar-refractivity contribution is 6.05. The largest absolute Gasteiger partial charge is 0.364 e. The number of alkyl halides is 1. The van der Waals surface area contributed by atoms with Crippen LogP contribution in [0.3, 0.4) is 0 Å². The fourth-order valence-electron chi connectivity index (χ4n) is 7.35. The Morgan fingerprint density at radius 1 is 1.06 bits per heavy atom. The molecule has 2 aliphatic carbocycles. The second-order valence-electron chi connectivity index (χ2n) is 12.6. The molecule has 1 aromatic carbocycles. The molecule has 2 fully saturated rings. The van der Waals surface area contributed by atoms with Gasteiger partial charge >= 0.3 is 0 Å². The number of nitrogens with zero attached hydrogens (tertiary/aromatic N) is 6. The van der Waals surface area contributed by atoms with E-state index in [1.807, 2.05) is 17.6 Å². The Kier molecular flexibility index (Phi) is 7.90. The molecule has 3 aliphatic rings. The number of nitrogens with one attached hydrogen (secondary N) is 1. The van der Waals surface area contributed by atoms with Gasteiger partial charge in [0.25, 0.3) is 11.5 Å². The maximum Gasteiger partial charge on any atom is 0.269 e. The Labute approximate surface area is 269 Å². The minimum atomic E-state index is -1.40. The summed E-state index contributed by atoms with van der Waals surface area (Å²) in [6, 6.07) is 8.07. The van der Waals surface area contributed by atoms with E-state index in [1.165, 1.54) is 9.58 Å². The molecule has 242 valence electrons. The van der Waals surface area contributed by atoms with Gasteiger partial charge in [-0.15, -0.1) is 0 Å². The molecule has 13 heteroatoms. The van der Waals surface area contributed by atoms with Gasteiger partial charge in [0.05, 0.1) is 35.7 Å². The van der Waals surface area contributed by atoms with Gasteiger partial charge in [-0.3, -0.25) is 23.9 Å². The number of aromatic nitrogens is 5. The van der Waals surface area contributed by atoms with E-state index in [0.29, 0.717) is 28.6 Å². The summed E-state index contributed by atoms with van der Waals surface area (Å²) in [5, 5.41) is 15.3. The Hall–Kier alpha value is -5.20. The van der Waals surface area contributed by atoms with Crippen molar-refractivity contribution in [1.29, 1.82) is 0 Å². The number of amides is 3. The topological polar surface area (TPSA) is 158 Å². The fraction of sp³-hybridized carbons (Fsp3) is 0.382. The van der Waals surface area contributed by atoms with Crippen LogP contribution in [0, 0.1) is 6.92 Å². The van der Waals surface area contributed by atoms with Crippen LogP contribution in [0.25, 0.3) is 27.7 Å². The molecule has 4 heterocycles. The summed E-state index contributed by atoms with van der Waals surface area (Å²) in [4.78, 5) is 54.6. The predicted molar refractivity (Wildman–Crippen MR) is 172 cm³/mol. The SMILES string of the molecule is Cc1cc2c(c(=O)n1C1CCCCC1)C(NC(=O)C1CC(F)CN1C(=O)Cn1nc(C(N)=O)c3cc(-c4ccnnc4)ccc31)=CC2. The number of benzene rings is 1. The lowest BCUT2D eigenvalue weighted by Gasteiger charge is -2.27. The number of hydrogen-bond donors (Lipinski definition) is 2. The first kappa shape index (κ1) is 30.5. The molecule has 2 atom stereocenters. The number of rotatable bonds is 7. The molecular formula is C34H35FN8O4. The second kappa shape index (κ2) is 12.2. The van der Waals surface area contributed by atoms with Crippen LogP contribution in [0.1, 0.15) is 71.9 Å². The van der Waals surface area contributed by atoms with Gasteiger partial charge in [0.15, 0.2) is 5.69 Å². The molecule has 47 heavy (non-hydrogen) atoms. The van der Waals surface area contributed by atoms with Crippen LogP contribution in [0.2, 0.25) is 0 Å². The molecule has 7 rings (SSSR count). The van der Waals surface area contributed by atoms with E-state index in [2.05, 4.69) is 20.6 Å². The lowest BCUT2D eigenvalue weighted by atomic mass is 9.94. The minimum absolute atomic E-state index is 0.0169. The van der Waals surface area contributed by atoms with Crippen molar-refractivity contribution in [2.24, 2.45) is 5.73 Å². The van der Waals surface area contributed by atoms with Crippen LogP contribution in [0.15, 0.2) is 53.6 Å². The Balaban J connectivity index is 1.12. The second-order valence-corrected chi connectivity index (χ2v) is 12.6. The average Bonchev–Trinajstić information content (AvgIpc) is 3.77. The summed E-state index contributed by atoms with van der Waals surface area (Å²) in [5.74, 6) is -1.86. The summed E-state index contributed by atoms with van der Waals surface area (Å²) in [6.45, 7) is 1.34. The third kappa shape index (κ3) is 5.59. The van der Waals surface area contributed by atoms with Gasteiger partial charge in [-0.2, -0.15) is 15.3 Å². The lowest BCUT2D eigenvalue weighted by molar-refractivity contribution is -0.138. The number of likely N-dealkylation sites (tertiary alicyclic amines) is 1. The molecule has 3 amide bonds. The van der Waals surface area contributed by atoms with Crippen molar-refractivity contribution in [3.05, 3.63) is 81.7 Å². The van der Waals surface area contributed by atoms with Gasteiger partial charge in [-0.1, -0.05) is 31.4 Å². The summed E-state index contributed by atoms with van der Waals surface area (Å²) >= 11 is 0. The Bertz CT molecular complexity index is 2000. The molecule has 2 unspecified atom stereocenters. The molecule has 3 N–H and O–H groups in total. The van der Waals surface area contributed by atoms with Gasteiger partial charge in [0.1, 0.15) is 18.8 Å². The van der Waals surface area contributed by atoms with Crippen LogP contribution in [-0.2, 0) is 22.6 Å². The first-order chi connectivity index (χ1) is 22.7. The molecule has 1 aliphatic heterocycles. The number of pyridine rings is 1. The molecule has 1 saturated heterocycles.